The molecule has 2 aliphatic rings. The standard InChI is InChI=1S/C18H18O3/c1-5-7-14-13(6-2)17(20)15(18(14)21)12-8-10(3)16(19)11(4)9-12/h5-9,12,15H,1H2,2-4H3/b13-6+,14-7+. The van der Waals surface area contributed by atoms with Crippen molar-refractivity contribution < 1.29 is 14.4 Å². The van der Waals surface area contributed by atoms with E-state index in [1.165, 1.54) is 6.08 Å². The molecule has 1 fully saturated rings. The van der Waals surface area contributed by atoms with Crippen LogP contribution in [0.2, 0.25) is 0 Å². The maximum absolute atomic E-state index is 12.5. The Bertz CT molecular complexity index is 647. The number of rotatable bonds is 2. The highest BCUT2D eigenvalue weighted by Gasteiger charge is 2.44. The van der Waals surface area contributed by atoms with E-state index in [9.17, 15) is 14.4 Å². The van der Waals surface area contributed by atoms with Gasteiger partial charge in [-0.2, -0.15) is 0 Å². The summed E-state index contributed by atoms with van der Waals surface area (Å²) in [5.74, 6) is -1.52. The van der Waals surface area contributed by atoms with E-state index < -0.39 is 5.92 Å². The number of allylic oxidation sites excluding steroid dienone is 9. The molecule has 108 valence electrons. The van der Waals surface area contributed by atoms with Crippen LogP contribution in [0.4, 0.5) is 0 Å². The molecule has 0 N–H and O–H groups in total. The summed E-state index contributed by atoms with van der Waals surface area (Å²) < 4.78 is 0. The van der Waals surface area contributed by atoms with Gasteiger partial charge < -0.3 is 0 Å². The SMILES string of the molecule is C=C/C=C1/C(=O)C(C2C=C(C)C(=O)C(C)=C2)C(=O)/C1=C/C. The number of hydrogen-bond donors (Lipinski definition) is 0. The lowest BCUT2D eigenvalue weighted by Crippen LogP contribution is -2.26. The summed E-state index contributed by atoms with van der Waals surface area (Å²) in [6.45, 7) is 8.76. The first-order valence-electron chi connectivity index (χ1n) is 6.91. The van der Waals surface area contributed by atoms with Gasteiger partial charge in [0.2, 0.25) is 0 Å². The van der Waals surface area contributed by atoms with Gasteiger partial charge in [-0.1, -0.05) is 37.0 Å². The molecule has 0 radical (unpaired) electrons. The molecule has 0 heterocycles. The molecule has 2 rings (SSSR count). The first-order chi connectivity index (χ1) is 9.92. The second-order valence-corrected chi connectivity index (χ2v) is 5.33. The second-order valence-electron chi connectivity index (χ2n) is 5.33. The quantitative estimate of drug-likeness (QED) is 0.578. The molecular formula is C18H18O3. The maximum Gasteiger partial charge on any atom is 0.183 e. The van der Waals surface area contributed by atoms with Crippen LogP contribution in [0.3, 0.4) is 0 Å². The van der Waals surface area contributed by atoms with Crippen LogP contribution in [0.15, 0.2) is 59.3 Å². The van der Waals surface area contributed by atoms with Crippen molar-refractivity contribution in [1.82, 2.24) is 0 Å². The molecule has 1 unspecified atom stereocenters. The highest BCUT2D eigenvalue weighted by atomic mass is 16.2. The zero-order valence-corrected chi connectivity index (χ0v) is 12.5. The third-order valence-electron chi connectivity index (χ3n) is 3.95. The molecule has 0 aromatic carbocycles. The number of hydrogen-bond acceptors (Lipinski definition) is 3. The molecular weight excluding hydrogens is 264 g/mol. The van der Waals surface area contributed by atoms with E-state index in [0.29, 0.717) is 22.3 Å². The number of carbonyl (C=O) groups is 3. The van der Waals surface area contributed by atoms with Crippen LogP contribution in [-0.4, -0.2) is 17.3 Å². The molecule has 0 spiro atoms. The van der Waals surface area contributed by atoms with Crippen LogP contribution in [0.25, 0.3) is 0 Å². The number of carbonyl (C=O) groups excluding carboxylic acids is 3. The Labute approximate surface area is 124 Å². The van der Waals surface area contributed by atoms with Gasteiger partial charge in [-0.15, -0.1) is 0 Å². The predicted molar refractivity (Wildman–Crippen MR) is 81.6 cm³/mol. The third kappa shape index (κ3) is 2.40. The van der Waals surface area contributed by atoms with E-state index in [1.807, 2.05) is 0 Å². The van der Waals surface area contributed by atoms with E-state index in [-0.39, 0.29) is 23.3 Å². The van der Waals surface area contributed by atoms with Gasteiger partial charge in [-0.25, -0.2) is 0 Å². The molecule has 0 saturated heterocycles. The summed E-state index contributed by atoms with van der Waals surface area (Å²) >= 11 is 0. The molecule has 21 heavy (non-hydrogen) atoms. The molecule has 1 saturated carbocycles. The van der Waals surface area contributed by atoms with Crippen LogP contribution in [0.5, 0.6) is 0 Å². The molecule has 0 aromatic heterocycles. The molecule has 0 amide bonds. The summed E-state index contributed by atoms with van der Waals surface area (Å²) in [6.07, 6.45) is 8.20. The Morgan fingerprint density at radius 2 is 1.52 bits per heavy atom. The minimum absolute atomic E-state index is 0.0303. The first-order valence-corrected chi connectivity index (χ1v) is 6.91. The van der Waals surface area contributed by atoms with Crippen molar-refractivity contribution in [3.05, 3.63) is 59.3 Å². The normalized spacial score (nSPS) is 27.4. The van der Waals surface area contributed by atoms with Gasteiger partial charge in [0.1, 0.15) is 0 Å². The van der Waals surface area contributed by atoms with Crippen LogP contribution in [0, 0.1) is 11.8 Å². The fourth-order valence-corrected chi connectivity index (χ4v) is 2.94. The fourth-order valence-electron chi connectivity index (χ4n) is 2.94. The second kappa shape index (κ2) is 5.60. The summed E-state index contributed by atoms with van der Waals surface area (Å²) in [5.41, 5.74) is 2.03. The fraction of sp³-hybridized carbons (Fsp3) is 0.278. The van der Waals surface area contributed by atoms with Crippen LogP contribution < -0.4 is 0 Å². The van der Waals surface area contributed by atoms with Crippen molar-refractivity contribution >= 4 is 17.3 Å². The van der Waals surface area contributed by atoms with Gasteiger partial charge in [-0.3, -0.25) is 14.4 Å². The Morgan fingerprint density at radius 3 is 2.00 bits per heavy atom. The van der Waals surface area contributed by atoms with Gasteiger partial charge in [-0.05, 0) is 31.9 Å². The predicted octanol–water partition coefficient (Wildman–Crippen LogP) is 2.90. The van der Waals surface area contributed by atoms with Crippen LogP contribution in [-0.2, 0) is 14.4 Å². The van der Waals surface area contributed by atoms with Gasteiger partial charge >= 0.3 is 0 Å². The minimum atomic E-state index is -0.764. The maximum atomic E-state index is 12.5. The van der Waals surface area contributed by atoms with E-state index >= 15 is 0 Å². The van der Waals surface area contributed by atoms with Gasteiger partial charge in [0.25, 0.3) is 0 Å². The van der Waals surface area contributed by atoms with Crippen molar-refractivity contribution in [3.8, 4) is 0 Å². The van der Waals surface area contributed by atoms with Crippen molar-refractivity contribution in [2.45, 2.75) is 20.8 Å². The molecule has 3 heteroatoms. The molecule has 0 aromatic rings. The van der Waals surface area contributed by atoms with E-state index in [4.69, 9.17) is 0 Å². The summed E-state index contributed by atoms with van der Waals surface area (Å²) in [7, 11) is 0. The topological polar surface area (TPSA) is 51.2 Å². The molecule has 0 bridgehead atoms. The van der Waals surface area contributed by atoms with Crippen LogP contribution >= 0.6 is 0 Å². The largest absolute Gasteiger partial charge is 0.293 e. The van der Waals surface area contributed by atoms with Gasteiger partial charge in [0.15, 0.2) is 17.3 Å². The molecule has 2 aliphatic carbocycles. The number of Topliss-reactive ketones (excluding diaryl/α,β-unsaturated/α-hetero) is 3. The highest BCUT2D eigenvalue weighted by Crippen LogP contribution is 2.37. The van der Waals surface area contributed by atoms with E-state index in [0.717, 1.165) is 0 Å². The van der Waals surface area contributed by atoms with Crippen molar-refractivity contribution in [3.63, 3.8) is 0 Å². The van der Waals surface area contributed by atoms with Crippen molar-refractivity contribution in [2.75, 3.05) is 0 Å². The lowest BCUT2D eigenvalue weighted by atomic mass is 9.81. The Kier molecular flexibility index (Phi) is 4.03. The van der Waals surface area contributed by atoms with Gasteiger partial charge in [0.05, 0.1) is 5.92 Å². The summed E-state index contributed by atoms with van der Waals surface area (Å²) in [6, 6.07) is 0. The Balaban J connectivity index is 2.49. The van der Waals surface area contributed by atoms with Crippen molar-refractivity contribution in [1.29, 1.82) is 0 Å². The Morgan fingerprint density at radius 1 is 1.00 bits per heavy atom. The minimum Gasteiger partial charge on any atom is -0.293 e. The summed E-state index contributed by atoms with van der Waals surface area (Å²) in [5, 5.41) is 0. The smallest absolute Gasteiger partial charge is 0.183 e. The lowest BCUT2D eigenvalue weighted by molar-refractivity contribution is -0.126. The monoisotopic (exact) mass is 282 g/mol. The molecule has 3 nitrogen and oxygen atoms in total. The molecule has 0 aliphatic heterocycles. The van der Waals surface area contributed by atoms with Crippen molar-refractivity contribution in [2.24, 2.45) is 11.8 Å². The highest BCUT2D eigenvalue weighted by molar-refractivity contribution is 6.30. The number of ketones is 3. The first kappa shape index (κ1) is 15.1. The average Bonchev–Trinajstić information content (AvgIpc) is 2.67. The van der Waals surface area contributed by atoms with E-state index in [2.05, 4.69) is 6.58 Å². The lowest BCUT2D eigenvalue weighted by Gasteiger charge is -2.19. The summed E-state index contributed by atoms with van der Waals surface area (Å²) in [4.78, 5) is 36.9. The zero-order chi connectivity index (χ0) is 15.7. The van der Waals surface area contributed by atoms with Gasteiger partial charge in [0, 0.05) is 17.1 Å². The third-order valence-corrected chi connectivity index (χ3v) is 3.95. The molecule has 1 atom stereocenters. The zero-order valence-electron chi connectivity index (χ0n) is 12.5. The average molecular weight is 282 g/mol. The Hall–Kier alpha value is -2.29. The van der Waals surface area contributed by atoms with E-state index in [1.54, 1.807) is 45.1 Å². The van der Waals surface area contributed by atoms with Crippen LogP contribution in [0.1, 0.15) is 20.8 Å².